The van der Waals surface area contributed by atoms with E-state index < -0.39 is 6.04 Å². The average Bonchev–Trinajstić information content (AvgIpc) is 3.13. The molecular formula is C20H21FN2O2. The van der Waals surface area contributed by atoms with Crippen LogP contribution < -0.4 is 5.32 Å². The highest BCUT2D eigenvalue weighted by molar-refractivity contribution is 6.01. The van der Waals surface area contributed by atoms with Gasteiger partial charge in [0.25, 0.3) is 5.91 Å². The van der Waals surface area contributed by atoms with E-state index in [9.17, 15) is 14.0 Å². The SMILES string of the molecule is CCc1ccc(C(=O)N2CCCC2C(=O)Nc2ccc(F)cc2)cc1. The molecule has 25 heavy (non-hydrogen) atoms. The van der Waals surface area contributed by atoms with Gasteiger partial charge in [-0.3, -0.25) is 9.59 Å². The van der Waals surface area contributed by atoms with Crippen molar-refractivity contribution in [1.82, 2.24) is 4.90 Å². The minimum atomic E-state index is -0.497. The molecule has 0 spiro atoms. The molecule has 2 aromatic carbocycles. The first-order chi connectivity index (χ1) is 12.1. The van der Waals surface area contributed by atoms with Crippen molar-refractivity contribution in [3.05, 3.63) is 65.5 Å². The predicted molar refractivity (Wildman–Crippen MR) is 94.9 cm³/mol. The van der Waals surface area contributed by atoms with Gasteiger partial charge in [0.1, 0.15) is 11.9 Å². The number of nitrogens with zero attached hydrogens (tertiary/aromatic N) is 1. The van der Waals surface area contributed by atoms with Gasteiger partial charge < -0.3 is 10.2 Å². The van der Waals surface area contributed by atoms with Crippen molar-refractivity contribution in [3.8, 4) is 0 Å². The standard InChI is InChI=1S/C20H21FN2O2/c1-2-14-5-7-15(8-6-14)20(25)23-13-3-4-18(23)19(24)22-17-11-9-16(21)10-12-17/h5-12,18H,2-4,13H2,1H3,(H,22,24). The molecule has 1 heterocycles. The summed E-state index contributed by atoms with van der Waals surface area (Å²) in [5, 5.41) is 2.77. The van der Waals surface area contributed by atoms with Crippen LogP contribution in [0.15, 0.2) is 48.5 Å². The third-order valence-corrected chi connectivity index (χ3v) is 4.54. The van der Waals surface area contributed by atoms with E-state index in [1.807, 2.05) is 24.3 Å². The lowest BCUT2D eigenvalue weighted by molar-refractivity contribution is -0.119. The molecule has 2 amide bonds. The Bertz CT molecular complexity index is 756. The lowest BCUT2D eigenvalue weighted by atomic mass is 10.1. The van der Waals surface area contributed by atoms with Gasteiger partial charge in [-0.15, -0.1) is 0 Å². The zero-order chi connectivity index (χ0) is 17.8. The Morgan fingerprint density at radius 2 is 1.80 bits per heavy atom. The number of likely N-dealkylation sites (tertiary alicyclic amines) is 1. The molecule has 1 unspecified atom stereocenters. The third-order valence-electron chi connectivity index (χ3n) is 4.54. The predicted octanol–water partition coefficient (Wildman–Crippen LogP) is 3.63. The second kappa shape index (κ2) is 7.47. The van der Waals surface area contributed by atoms with E-state index >= 15 is 0 Å². The molecule has 3 rings (SSSR count). The molecule has 0 bridgehead atoms. The van der Waals surface area contributed by atoms with Crippen molar-refractivity contribution in [3.63, 3.8) is 0 Å². The number of nitrogens with one attached hydrogen (secondary N) is 1. The van der Waals surface area contributed by atoms with E-state index in [4.69, 9.17) is 0 Å². The van der Waals surface area contributed by atoms with E-state index in [-0.39, 0.29) is 17.6 Å². The number of carbonyl (C=O) groups is 2. The number of aryl methyl sites for hydroxylation is 1. The minimum absolute atomic E-state index is 0.126. The molecule has 0 aromatic heterocycles. The smallest absolute Gasteiger partial charge is 0.254 e. The number of rotatable bonds is 4. The van der Waals surface area contributed by atoms with Crippen molar-refractivity contribution in [2.45, 2.75) is 32.2 Å². The van der Waals surface area contributed by atoms with Crippen molar-refractivity contribution < 1.29 is 14.0 Å². The van der Waals surface area contributed by atoms with Gasteiger partial charge in [0.05, 0.1) is 0 Å². The third kappa shape index (κ3) is 3.87. The van der Waals surface area contributed by atoms with Crippen LogP contribution in [-0.4, -0.2) is 29.3 Å². The Labute approximate surface area is 146 Å². The monoisotopic (exact) mass is 340 g/mol. The molecule has 2 aromatic rings. The quantitative estimate of drug-likeness (QED) is 0.924. The molecule has 1 aliphatic rings. The van der Waals surface area contributed by atoms with E-state index in [0.717, 1.165) is 12.8 Å². The van der Waals surface area contributed by atoms with Gasteiger partial charge in [-0.2, -0.15) is 0 Å². The summed E-state index contributed by atoms with van der Waals surface area (Å²) in [6.07, 6.45) is 2.34. The van der Waals surface area contributed by atoms with Crippen LogP contribution in [0.5, 0.6) is 0 Å². The summed E-state index contributed by atoms with van der Waals surface area (Å²) in [5.74, 6) is -0.715. The van der Waals surface area contributed by atoms with Crippen LogP contribution in [-0.2, 0) is 11.2 Å². The zero-order valence-electron chi connectivity index (χ0n) is 14.2. The Kier molecular flexibility index (Phi) is 5.12. The van der Waals surface area contributed by atoms with Gasteiger partial charge in [-0.05, 0) is 61.2 Å². The van der Waals surface area contributed by atoms with Crippen LogP contribution in [0.2, 0.25) is 0 Å². The molecule has 1 atom stereocenters. The molecule has 5 heteroatoms. The van der Waals surface area contributed by atoms with Gasteiger partial charge in [0.15, 0.2) is 0 Å². The van der Waals surface area contributed by atoms with E-state index in [1.54, 1.807) is 4.90 Å². The highest BCUT2D eigenvalue weighted by Gasteiger charge is 2.34. The second-order valence-electron chi connectivity index (χ2n) is 6.20. The van der Waals surface area contributed by atoms with Crippen molar-refractivity contribution in [2.24, 2.45) is 0 Å². The number of benzene rings is 2. The van der Waals surface area contributed by atoms with Gasteiger partial charge in [-0.25, -0.2) is 4.39 Å². The normalized spacial score (nSPS) is 16.7. The largest absolute Gasteiger partial charge is 0.327 e. The summed E-state index contributed by atoms with van der Waals surface area (Å²) in [4.78, 5) is 26.9. The Balaban J connectivity index is 1.71. The van der Waals surface area contributed by atoms with E-state index in [0.29, 0.717) is 24.2 Å². The fraction of sp³-hybridized carbons (Fsp3) is 0.300. The van der Waals surface area contributed by atoms with Crippen LogP contribution in [0.3, 0.4) is 0 Å². The molecule has 1 aliphatic heterocycles. The van der Waals surface area contributed by atoms with Crippen molar-refractivity contribution in [2.75, 3.05) is 11.9 Å². The maximum absolute atomic E-state index is 13.0. The number of hydrogen-bond acceptors (Lipinski definition) is 2. The maximum atomic E-state index is 13.0. The molecule has 4 nitrogen and oxygen atoms in total. The van der Waals surface area contributed by atoms with Crippen molar-refractivity contribution >= 4 is 17.5 Å². The molecule has 0 aliphatic carbocycles. The number of amides is 2. The first-order valence-electron chi connectivity index (χ1n) is 8.55. The molecule has 0 radical (unpaired) electrons. The Morgan fingerprint density at radius 1 is 1.12 bits per heavy atom. The first-order valence-corrected chi connectivity index (χ1v) is 8.55. The van der Waals surface area contributed by atoms with Crippen LogP contribution in [0.1, 0.15) is 35.7 Å². The fourth-order valence-corrected chi connectivity index (χ4v) is 3.09. The molecule has 1 saturated heterocycles. The number of hydrogen-bond donors (Lipinski definition) is 1. The summed E-state index contributed by atoms with van der Waals surface area (Å²) < 4.78 is 13.0. The lowest BCUT2D eigenvalue weighted by Crippen LogP contribution is -2.43. The summed E-state index contributed by atoms with van der Waals surface area (Å²) >= 11 is 0. The lowest BCUT2D eigenvalue weighted by Gasteiger charge is -2.24. The molecule has 1 fully saturated rings. The second-order valence-corrected chi connectivity index (χ2v) is 6.20. The zero-order valence-corrected chi connectivity index (χ0v) is 14.2. The Morgan fingerprint density at radius 3 is 2.44 bits per heavy atom. The number of carbonyl (C=O) groups excluding carboxylic acids is 2. The summed E-state index contributed by atoms with van der Waals surface area (Å²) in [7, 11) is 0. The van der Waals surface area contributed by atoms with Gasteiger partial charge in [-0.1, -0.05) is 19.1 Å². The molecule has 130 valence electrons. The highest BCUT2D eigenvalue weighted by Crippen LogP contribution is 2.22. The van der Waals surface area contributed by atoms with Gasteiger partial charge in [0.2, 0.25) is 5.91 Å². The topological polar surface area (TPSA) is 49.4 Å². The van der Waals surface area contributed by atoms with Crippen molar-refractivity contribution in [1.29, 1.82) is 0 Å². The Hall–Kier alpha value is -2.69. The van der Waals surface area contributed by atoms with Crippen LogP contribution >= 0.6 is 0 Å². The summed E-state index contributed by atoms with van der Waals surface area (Å²) in [6, 6.07) is 12.6. The van der Waals surface area contributed by atoms with Crippen LogP contribution in [0, 0.1) is 5.82 Å². The average molecular weight is 340 g/mol. The highest BCUT2D eigenvalue weighted by atomic mass is 19.1. The first kappa shape index (κ1) is 17.1. The minimum Gasteiger partial charge on any atom is -0.327 e. The number of anilines is 1. The number of halogens is 1. The van der Waals surface area contributed by atoms with Crippen LogP contribution in [0.4, 0.5) is 10.1 Å². The molecular weight excluding hydrogens is 319 g/mol. The van der Waals surface area contributed by atoms with Gasteiger partial charge >= 0.3 is 0 Å². The fourth-order valence-electron chi connectivity index (χ4n) is 3.09. The molecule has 1 N–H and O–H groups in total. The molecule has 0 saturated carbocycles. The maximum Gasteiger partial charge on any atom is 0.254 e. The summed E-state index contributed by atoms with van der Waals surface area (Å²) in [6.45, 7) is 2.63. The van der Waals surface area contributed by atoms with E-state index in [2.05, 4.69) is 12.2 Å². The van der Waals surface area contributed by atoms with Crippen LogP contribution in [0.25, 0.3) is 0 Å². The van der Waals surface area contributed by atoms with E-state index in [1.165, 1.54) is 29.8 Å². The summed E-state index contributed by atoms with van der Waals surface area (Å²) in [5.41, 5.74) is 2.29. The van der Waals surface area contributed by atoms with Gasteiger partial charge in [0, 0.05) is 17.8 Å².